The van der Waals surface area contributed by atoms with E-state index in [1.165, 1.54) is 18.4 Å². The van der Waals surface area contributed by atoms with Crippen LogP contribution in [-0.2, 0) is 14.3 Å². The molecule has 2 N–H and O–H groups in total. The zero-order chi connectivity index (χ0) is 12.6. The minimum Gasteiger partial charge on any atom is -0.467 e. The van der Waals surface area contributed by atoms with Gasteiger partial charge in [0, 0.05) is 6.54 Å². The van der Waals surface area contributed by atoms with E-state index in [0.29, 0.717) is 13.0 Å². The average molecular weight is 230 g/mol. The van der Waals surface area contributed by atoms with Crippen LogP contribution < -0.4 is 5.73 Å². The maximum absolute atomic E-state index is 11.2. The van der Waals surface area contributed by atoms with Crippen LogP contribution in [0.15, 0.2) is 0 Å². The van der Waals surface area contributed by atoms with E-state index in [-0.39, 0.29) is 18.4 Å². The second-order valence-electron chi connectivity index (χ2n) is 3.68. The van der Waals surface area contributed by atoms with Crippen LogP contribution in [0.25, 0.3) is 0 Å². The molecule has 1 amide bonds. The largest absolute Gasteiger partial charge is 0.467 e. The fourth-order valence-corrected chi connectivity index (χ4v) is 1.56. The Bertz CT molecular complexity index is 209. The number of carbonyl (C=O) groups excluding carboxylic acids is 2. The van der Waals surface area contributed by atoms with Gasteiger partial charge < -0.3 is 15.4 Å². The molecule has 1 atom stereocenters. The van der Waals surface area contributed by atoms with E-state index in [0.717, 1.165) is 6.42 Å². The molecule has 16 heavy (non-hydrogen) atoms. The van der Waals surface area contributed by atoms with Crippen molar-refractivity contribution in [2.24, 2.45) is 5.73 Å². The molecule has 0 aromatic rings. The molecular formula is C11H22N2O3. The number of nitrogens with zero attached hydrogens (tertiary/aromatic N) is 1. The molecule has 5 nitrogen and oxygen atoms in total. The number of amides is 1. The van der Waals surface area contributed by atoms with E-state index < -0.39 is 6.04 Å². The summed E-state index contributed by atoms with van der Waals surface area (Å²) in [5.41, 5.74) is 5.21. The third kappa shape index (κ3) is 4.18. The molecule has 0 aromatic heterocycles. The molecule has 1 rings (SSSR count). The lowest BCUT2D eigenvalue weighted by Crippen LogP contribution is -2.43. The number of hydrogen-bond acceptors (Lipinski definition) is 4. The fourth-order valence-electron chi connectivity index (χ4n) is 1.56. The van der Waals surface area contributed by atoms with Crippen molar-refractivity contribution in [1.82, 2.24) is 4.90 Å². The van der Waals surface area contributed by atoms with Crippen molar-refractivity contribution in [2.75, 3.05) is 20.2 Å². The summed E-state index contributed by atoms with van der Waals surface area (Å²) in [6.07, 6.45) is 2.77. The van der Waals surface area contributed by atoms with Crippen LogP contribution in [0.1, 0.15) is 33.1 Å². The second kappa shape index (κ2) is 8.10. The SMILES string of the molecule is CCC.COC(=O)C1CCCN1C(=O)CN. The molecule has 5 heteroatoms. The van der Waals surface area contributed by atoms with Crippen molar-refractivity contribution < 1.29 is 14.3 Å². The van der Waals surface area contributed by atoms with Gasteiger partial charge >= 0.3 is 5.97 Å². The Morgan fingerprint density at radius 1 is 1.44 bits per heavy atom. The lowest BCUT2D eigenvalue weighted by molar-refractivity contribution is -0.150. The van der Waals surface area contributed by atoms with Gasteiger partial charge in [-0.3, -0.25) is 4.79 Å². The van der Waals surface area contributed by atoms with Gasteiger partial charge in [-0.1, -0.05) is 20.3 Å². The molecule has 1 heterocycles. The summed E-state index contributed by atoms with van der Waals surface area (Å²) < 4.78 is 4.59. The van der Waals surface area contributed by atoms with E-state index in [2.05, 4.69) is 18.6 Å². The van der Waals surface area contributed by atoms with E-state index in [9.17, 15) is 9.59 Å². The molecule has 0 bridgehead atoms. The van der Waals surface area contributed by atoms with Crippen molar-refractivity contribution in [3.8, 4) is 0 Å². The Balaban J connectivity index is 0.000000673. The normalized spacial score (nSPS) is 18.8. The molecule has 1 aliphatic heterocycles. The number of ether oxygens (including phenoxy) is 1. The van der Waals surface area contributed by atoms with Gasteiger partial charge in [0.25, 0.3) is 0 Å². The predicted octanol–water partition coefficient (Wildman–Crippen LogP) is 0.525. The number of rotatable bonds is 2. The third-order valence-electron chi connectivity index (χ3n) is 2.22. The number of esters is 1. The molecule has 0 radical (unpaired) electrons. The van der Waals surface area contributed by atoms with E-state index in [1.54, 1.807) is 0 Å². The number of likely N-dealkylation sites (tertiary alicyclic amines) is 1. The van der Waals surface area contributed by atoms with Crippen LogP contribution in [0.4, 0.5) is 0 Å². The first-order chi connectivity index (χ1) is 7.62. The van der Waals surface area contributed by atoms with Gasteiger partial charge in [-0.2, -0.15) is 0 Å². The number of hydrogen-bond donors (Lipinski definition) is 1. The number of carbonyl (C=O) groups is 2. The van der Waals surface area contributed by atoms with Crippen LogP contribution in [0, 0.1) is 0 Å². The van der Waals surface area contributed by atoms with Crippen LogP contribution >= 0.6 is 0 Å². The van der Waals surface area contributed by atoms with Crippen LogP contribution in [0.2, 0.25) is 0 Å². The molecule has 0 saturated carbocycles. The highest BCUT2D eigenvalue weighted by atomic mass is 16.5. The van der Waals surface area contributed by atoms with Gasteiger partial charge in [0.15, 0.2) is 0 Å². The first-order valence-corrected chi connectivity index (χ1v) is 5.69. The first kappa shape index (κ1) is 14.9. The lowest BCUT2D eigenvalue weighted by atomic mass is 10.2. The van der Waals surface area contributed by atoms with Gasteiger partial charge in [0.2, 0.25) is 5.91 Å². The minimum absolute atomic E-state index is 0.0481. The monoisotopic (exact) mass is 230 g/mol. The molecule has 1 fully saturated rings. The van der Waals surface area contributed by atoms with Crippen LogP contribution in [-0.4, -0.2) is 43.0 Å². The van der Waals surface area contributed by atoms with Crippen molar-refractivity contribution >= 4 is 11.9 Å². The summed E-state index contributed by atoms with van der Waals surface area (Å²) >= 11 is 0. The van der Waals surface area contributed by atoms with Crippen molar-refractivity contribution in [2.45, 2.75) is 39.2 Å². The molecule has 94 valence electrons. The highest BCUT2D eigenvalue weighted by molar-refractivity contribution is 5.86. The minimum atomic E-state index is -0.416. The average Bonchev–Trinajstić information content (AvgIpc) is 2.77. The van der Waals surface area contributed by atoms with Gasteiger partial charge in [-0.25, -0.2) is 4.79 Å². The standard InChI is InChI=1S/C8H14N2O3.C3H8/c1-13-8(12)6-3-2-4-10(6)7(11)5-9;1-3-2/h6H,2-5,9H2,1H3;3H2,1-2H3. The zero-order valence-corrected chi connectivity index (χ0v) is 10.4. The Hall–Kier alpha value is -1.10. The Kier molecular flexibility index (Phi) is 7.54. The van der Waals surface area contributed by atoms with E-state index >= 15 is 0 Å². The summed E-state index contributed by atoms with van der Waals surface area (Å²) in [6, 6.07) is -0.416. The summed E-state index contributed by atoms with van der Waals surface area (Å²) in [6.45, 7) is 4.81. The molecule has 1 aliphatic rings. The smallest absolute Gasteiger partial charge is 0.328 e. The second-order valence-corrected chi connectivity index (χ2v) is 3.68. The molecular weight excluding hydrogens is 208 g/mol. The topological polar surface area (TPSA) is 72.6 Å². The maximum atomic E-state index is 11.2. The molecule has 1 saturated heterocycles. The number of nitrogens with two attached hydrogens (primary N) is 1. The number of methoxy groups -OCH3 is 1. The molecule has 0 spiro atoms. The van der Waals surface area contributed by atoms with Crippen LogP contribution in [0.5, 0.6) is 0 Å². The van der Waals surface area contributed by atoms with Crippen LogP contribution in [0.3, 0.4) is 0 Å². The summed E-state index contributed by atoms with van der Waals surface area (Å²) in [5, 5.41) is 0. The molecule has 0 aromatic carbocycles. The predicted molar refractivity (Wildman–Crippen MR) is 61.8 cm³/mol. The highest BCUT2D eigenvalue weighted by Crippen LogP contribution is 2.17. The van der Waals surface area contributed by atoms with E-state index in [4.69, 9.17) is 5.73 Å². The Morgan fingerprint density at radius 2 is 2.00 bits per heavy atom. The van der Waals surface area contributed by atoms with Gasteiger partial charge in [0.1, 0.15) is 6.04 Å². The summed E-state index contributed by atoms with van der Waals surface area (Å²) in [5.74, 6) is -0.535. The Morgan fingerprint density at radius 3 is 2.44 bits per heavy atom. The third-order valence-corrected chi connectivity index (χ3v) is 2.22. The van der Waals surface area contributed by atoms with Gasteiger partial charge in [0.05, 0.1) is 13.7 Å². The lowest BCUT2D eigenvalue weighted by Gasteiger charge is -2.21. The Labute approximate surface area is 96.9 Å². The summed E-state index contributed by atoms with van der Waals surface area (Å²) in [4.78, 5) is 23.9. The quantitative estimate of drug-likeness (QED) is 0.702. The molecule has 1 unspecified atom stereocenters. The highest BCUT2D eigenvalue weighted by Gasteiger charge is 2.33. The molecule has 0 aliphatic carbocycles. The summed E-state index contributed by atoms with van der Waals surface area (Å²) in [7, 11) is 1.33. The maximum Gasteiger partial charge on any atom is 0.328 e. The van der Waals surface area contributed by atoms with Crippen molar-refractivity contribution in [3.05, 3.63) is 0 Å². The van der Waals surface area contributed by atoms with Crippen molar-refractivity contribution in [3.63, 3.8) is 0 Å². The zero-order valence-electron chi connectivity index (χ0n) is 10.4. The van der Waals surface area contributed by atoms with Crippen molar-refractivity contribution in [1.29, 1.82) is 0 Å². The van der Waals surface area contributed by atoms with Gasteiger partial charge in [-0.05, 0) is 12.8 Å². The first-order valence-electron chi connectivity index (χ1n) is 5.69. The van der Waals surface area contributed by atoms with E-state index in [1.807, 2.05) is 0 Å². The van der Waals surface area contributed by atoms with Gasteiger partial charge in [-0.15, -0.1) is 0 Å². The fraction of sp³-hybridized carbons (Fsp3) is 0.818.